The summed E-state index contributed by atoms with van der Waals surface area (Å²) in [6.07, 6.45) is 5.43. The molecular formula is C24H27FN3O2+. The molecule has 2 aromatic carbocycles. The third-order valence-electron chi connectivity index (χ3n) is 6.81. The van der Waals surface area contributed by atoms with E-state index in [9.17, 15) is 14.0 Å². The van der Waals surface area contributed by atoms with E-state index in [0.717, 1.165) is 43.2 Å². The zero-order valence-corrected chi connectivity index (χ0v) is 17.2. The second-order valence-electron chi connectivity index (χ2n) is 9.02. The van der Waals surface area contributed by atoms with Crippen molar-refractivity contribution in [2.75, 3.05) is 6.67 Å². The van der Waals surface area contributed by atoms with Crippen LogP contribution < -0.4 is 10.2 Å². The van der Waals surface area contributed by atoms with Gasteiger partial charge in [-0.15, -0.1) is 0 Å². The molecule has 1 saturated heterocycles. The van der Waals surface area contributed by atoms with Crippen molar-refractivity contribution < 1.29 is 18.9 Å². The number of nitrogens with zero attached hydrogens (tertiary/aromatic N) is 1. The first-order chi connectivity index (χ1) is 14.4. The Morgan fingerprint density at radius 3 is 2.57 bits per heavy atom. The van der Waals surface area contributed by atoms with Gasteiger partial charge in [0.2, 0.25) is 0 Å². The quantitative estimate of drug-likeness (QED) is 0.721. The van der Waals surface area contributed by atoms with Crippen LogP contribution >= 0.6 is 0 Å². The van der Waals surface area contributed by atoms with E-state index in [0.29, 0.717) is 19.3 Å². The number of benzene rings is 2. The Morgan fingerprint density at radius 2 is 1.83 bits per heavy atom. The number of rotatable bonds is 6. The van der Waals surface area contributed by atoms with Gasteiger partial charge in [-0.1, -0.05) is 30.3 Å². The minimum absolute atomic E-state index is 0.192. The highest BCUT2D eigenvalue weighted by molar-refractivity contribution is 6.07. The third-order valence-corrected chi connectivity index (χ3v) is 6.81. The van der Waals surface area contributed by atoms with Crippen LogP contribution in [0.25, 0.3) is 0 Å². The van der Waals surface area contributed by atoms with Crippen molar-refractivity contribution in [2.24, 2.45) is 0 Å². The highest BCUT2D eigenvalue weighted by atomic mass is 19.1. The summed E-state index contributed by atoms with van der Waals surface area (Å²) in [5.41, 5.74) is 3.47. The lowest BCUT2D eigenvalue weighted by Crippen LogP contribution is -3.13. The van der Waals surface area contributed by atoms with Gasteiger partial charge in [0.1, 0.15) is 17.9 Å². The van der Waals surface area contributed by atoms with E-state index in [-0.39, 0.29) is 17.8 Å². The highest BCUT2D eigenvalue weighted by Gasteiger charge is 2.51. The van der Waals surface area contributed by atoms with Crippen molar-refractivity contribution in [3.8, 4) is 0 Å². The zero-order valence-electron chi connectivity index (χ0n) is 17.2. The van der Waals surface area contributed by atoms with Crippen molar-refractivity contribution in [3.63, 3.8) is 0 Å². The zero-order chi connectivity index (χ0) is 20.9. The van der Waals surface area contributed by atoms with Crippen LogP contribution in [0.1, 0.15) is 48.4 Å². The molecular weight excluding hydrogens is 381 g/mol. The molecule has 0 radical (unpaired) electrons. The molecule has 1 unspecified atom stereocenters. The average molecular weight is 408 g/mol. The number of hydrogen-bond acceptors (Lipinski definition) is 2. The molecule has 3 amide bonds. The molecule has 2 N–H and O–H groups in total. The number of aryl methyl sites for hydroxylation is 2. The van der Waals surface area contributed by atoms with Crippen LogP contribution in [-0.2, 0) is 29.7 Å². The molecule has 2 atom stereocenters. The van der Waals surface area contributed by atoms with Crippen LogP contribution in [0.3, 0.4) is 0 Å². The number of fused-ring (bicyclic) bond motifs is 1. The Kier molecular flexibility index (Phi) is 4.62. The minimum Gasteiger partial charge on any atom is -0.319 e. The van der Waals surface area contributed by atoms with Crippen LogP contribution in [0.2, 0.25) is 0 Å². The molecule has 5 rings (SSSR count). The number of amides is 3. The van der Waals surface area contributed by atoms with E-state index in [4.69, 9.17) is 0 Å². The molecule has 156 valence electrons. The molecule has 2 aromatic rings. The highest BCUT2D eigenvalue weighted by Crippen LogP contribution is 2.32. The van der Waals surface area contributed by atoms with Crippen molar-refractivity contribution in [1.29, 1.82) is 0 Å². The number of quaternary nitrogens is 1. The fourth-order valence-corrected chi connectivity index (χ4v) is 4.81. The number of carbonyl (C=O) groups is 2. The lowest BCUT2D eigenvalue weighted by atomic mass is 9.90. The first-order valence-electron chi connectivity index (χ1n) is 10.8. The lowest BCUT2D eigenvalue weighted by Gasteiger charge is -2.25. The van der Waals surface area contributed by atoms with Crippen molar-refractivity contribution >= 4 is 11.9 Å². The molecule has 2 aliphatic carbocycles. The van der Waals surface area contributed by atoms with Crippen LogP contribution in [0.5, 0.6) is 0 Å². The smallest absolute Gasteiger partial charge is 0.319 e. The van der Waals surface area contributed by atoms with E-state index >= 15 is 0 Å². The summed E-state index contributed by atoms with van der Waals surface area (Å²) in [4.78, 5) is 28.7. The summed E-state index contributed by atoms with van der Waals surface area (Å²) in [5, 5.41) is 2.95. The third kappa shape index (κ3) is 3.39. The maximum absolute atomic E-state index is 13.4. The predicted molar refractivity (Wildman–Crippen MR) is 110 cm³/mol. The second kappa shape index (κ2) is 7.20. The normalized spacial score (nSPS) is 24.1. The fraction of sp³-hybridized carbons (Fsp3) is 0.417. The Morgan fingerprint density at radius 1 is 1.10 bits per heavy atom. The van der Waals surface area contributed by atoms with Gasteiger partial charge in [0.25, 0.3) is 5.91 Å². The van der Waals surface area contributed by atoms with Crippen molar-refractivity contribution in [1.82, 2.24) is 10.2 Å². The van der Waals surface area contributed by atoms with Gasteiger partial charge in [0, 0.05) is 18.4 Å². The van der Waals surface area contributed by atoms with Crippen LogP contribution in [0.4, 0.5) is 9.18 Å². The largest absolute Gasteiger partial charge is 0.329 e. The Bertz CT molecular complexity index is 1000. The molecule has 0 spiro atoms. The van der Waals surface area contributed by atoms with E-state index in [2.05, 4.69) is 17.4 Å². The molecule has 1 saturated carbocycles. The molecule has 30 heavy (non-hydrogen) atoms. The van der Waals surface area contributed by atoms with Gasteiger partial charge >= 0.3 is 6.03 Å². The van der Waals surface area contributed by atoms with Gasteiger partial charge in [-0.3, -0.25) is 4.79 Å². The first-order valence-corrected chi connectivity index (χ1v) is 10.8. The maximum atomic E-state index is 13.4. The average Bonchev–Trinajstić information content (AvgIpc) is 3.43. The van der Waals surface area contributed by atoms with E-state index in [1.807, 2.05) is 6.07 Å². The molecule has 0 bridgehead atoms. The summed E-state index contributed by atoms with van der Waals surface area (Å²) in [6.45, 7) is 2.80. The van der Waals surface area contributed by atoms with Crippen LogP contribution in [0, 0.1) is 5.82 Å². The minimum atomic E-state index is -1.03. The molecule has 1 heterocycles. The second-order valence-corrected chi connectivity index (χ2v) is 9.02. The van der Waals surface area contributed by atoms with Crippen molar-refractivity contribution in [3.05, 3.63) is 70.5 Å². The summed E-state index contributed by atoms with van der Waals surface area (Å²) in [5.74, 6) is -0.450. The Hall–Kier alpha value is -2.73. The van der Waals surface area contributed by atoms with Gasteiger partial charge < -0.3 is 10.2 Å². The molecule has 0 aromatic heterocycles. The number of hydrogen-bond donors (Lipinski definition) is 2. The molecule has 1 aliphatic heterocycles. The van der Waals surface area contributed by atoms with Crippen LogP contribution in [-0.4, -0.2) is 29.5 Å². The summed E-state index contributed by atoms with van der Waals surface area (Å²) >= 11 is 0. The van der Waals surface area contributed by atoms with Gasteiger partial charge in [0.05, 0.1) is 6.04 Å². The maximum Gasteiger partial charge on any atom is 0.329 e. The molecule has 3 aliphatic rings. The molecule has 6 heteroatoms. The van der Waals surface area contributed by atoms with E-state index in [1.165, 1.54) is 33.1 Å². The van der Waals surface area contributed by atoms with Gasteiger partial charge in [0.15, 0.2) is 6.67 Å². The predicted octanol–water partition coefficient (Wildman–Crippen LogP) is 2.29. The number of halogens is 1. The molecule has 5 nitrogen and oxygen atoms in total. The standard InChI is InChI=1S/C24H26FN3O2/c1-24(19-8-7-17-3-2-4-18(17)13-19)22(29)28(23(30)26-24)15-27(21-11-12-21)14-16-5-9-20(25)10-6-16/h5-10,13,21H,2-4,11-12,14-15H2,1H3,(H,26,30)/p+1/t24-/m0/s1. The summed E-state index contributed by atoms with van der Waals surface area (Å²) in [7, 11) is 0. The number of urea groups is 1. The Labute approximate surface area is 175 Å². The fourth-order valence-electron chi connectivity index (χ4n) is 4.81. The number of carbonyl (C=O) groups excluding carboxylic acids is 2. The summed E-state index contributed by atoms with van der Waals surface area (Å²) < 4.78 is 13.2. The summed E-state index contributed by atoms with van der Waals surface area (Å²) in [6, 6.07) is 12.7. The number of nitrogens with one attached hydrogen (secondary N) is 2. The molecule has 2 fully saturated rings. The number of imide groups is 1. The van der Waals surface area contributed by atoms with Gasteiger partial charge in [-0.05, 0) is 55.0 Å². The Balaban J connectivity index is 1.36. The topological polar surface area (TPSA) is 53.9 Å². The van der Waals surface area contributed by atoms with Crippen molar-refractivity contribution in [2.45, 2.75) is 57.2 Å². The van der Waals surface area contributed by atoms with Gasteiger partial charge in [-0.2, -0.15) is 0 Å². The van der Waals surface area contributed by atoms with Gasteiger partial charge in [-0.25, -0.2) is 14.1 Å². The van der Waals surface area contributed by atoms with E-state index < -0.39 is 5.54 Å². The lowest BCUT2D eigenvalue weighted by molar-refractivity contribution is -0.931. The first kappa shape index (κ1) is 19.2. The van der Waals surface area contributed by atoms with Crippen LogP contribution in [0.15, 0.2) is 42.5 Å². The SMILES string of the molecule is C[C@@]1(c2ccc3c(c2)CCC3)NC(=O)N(C[NH+](Cc2ccc(F)cc2)C2CC2)C1=O. The van der Waals surface area contributed by atoms with E-state index in [1.54, 1.807) is 19.1 Å². The monoisotopic (exact) mass is 408 g/mol.